The Morgan fingerprint density at radius 3 is 2.59 bits per heavy atom. The third-order valence-corrected chi connectivity index (χ3v) is 3.26. The van der Waals surface area contributed by atoms with Crippen LogP contribution in [-0.4, -0.2) is 19.3 Å². The van der Waals surface area contributed by atoms with Gasteiger partial charge in [0.05, 0.1) is 11.6 Å². The fourth-order valence-electron chi connectivity index (χ4n) is 2.23. The summed E-state index contributed by atoms with van der Waals surface area (Å²) in [6.07, 6.45) is 0.864. The second kappa shape index (κ2) is 6.12. The van der Waals surface area contributed by atoms with Crippen LogP contribution in [-0.2, 0) is 4.74 Å². The molecule has 0 fully saturated rings. The second-order valence-electron chi connectivity index (χ2n) is 4.38. The van der Waals surface area contributed by atoms with Crippen LogP contribution in [0.2, 0.25) is 0 Å². The maximum absolute atomic E-state index is 13.3. The predicted molar refractivity (Wildman–Crippen MR) is 68.5 cm³/mol. The number of likely N-dealkylation sites (N-methyl/N-ethyl adjacent to an activating group) is 1. The van der Waals surface area contributed by atoms with Crippen molar-refractivity contribution in [1.82, 2.24) is 5.32 Å². The average Bonchev–Trinajstić information content (AvgIpc) is 2.30. The Morgan fingerprint density at radius 1 is 1.41 bits per heavy atom. The molecule has 0 aliphatic rings. The molecule has 0 saturated heterocycles. The summed E-state index contributed by atoms with van der Waals surface area (Å²) < 4.78 is 19.1. The lowest BCUT2D eigenvalue weighted by Crippen LogP contribution is -2.42. The highest BCUT2D eigenvalue weighted by molar-refractivity contribution is 5.23. The van der Waals surface area contributed by atoms with Crippen LogP contribution in [0.25, 0.3) is 0 Å². The van der Waals surface area contributed by atoms with Crippen molar-refractivity contribution in [2.45, 2.75) is 38.8 Å². The maximum Gasteiger partial charge on any atom is 0.123 e. The molecule has 1 rings (SSSR count). The standard InChI is InChI=1S/C14H22FNO/c1-5-14(3,17-6-2)13(16-4)11-8-7-9-12(15)10-11/h7-10,13,16H,5-6H2,1-4H3. The van der Waals surface area contributed by atoms with Gasteiger partial charge in [0, 0.05) is 6.61 Å². The summed E-state index contributed by atoms with van der Waals surface area (Å²) in [5.41, 5.74) is 0.599. The Kier molecular flexibility index (Phi) is 5.09. The van der Waals surface area contributed by atoms with Crippen LogP contribution in [0, 0.1) is 5.82 Å². The van der Waals surface area contributed by atoms with E-state index in [1.54, 1.807) is 12.1 Å². The van der Waals surface area contributed by atoms with Crippen LogP contribution in [0.15, 0.2) is 24.3 Å². The molecule has 0 heterocycles. The third-order valence-electron chi connectivity index (χ3n) is 3.26. The molecule has 0 aliphatic heterocycles. The topological polar surface area (TPSA) is 21.3 Å². The van der Waals surface area contributed by atoms with Gasteiger partial charge in [0.15, 0.2) is 0 Å². The molecule has 1 N–H and O–H groups in total. The number of halogens is 1. The van der Waals surface area contributed by atoms with Crippen molar-refractivity contribution in [2.75, 3.05) is 13.7 Å². The lowest BCUT2D eigenvalue weighted by Gasteiger charge is -2.37. The minimum atomic E-state index is -0.322. The third kappa shape index (κ3) is 3.27. The van der Waals surface area contributed by atoms with Gasteiger partial charge in [0.25, 0.3) is 0 Å². The highest BCUT2D eigenvalue weighted by atomic mass is 19.1. The zero-order chi connectivity index (χ0) is 12.9. The Labute approximate surface area is 103 Å². The molecule has 96 valence electrons. The van der Waals surface area contributed by atoms with Gasteiger partial charge in [-0.15, -0.1) is 0 Å². The Balaban J connectivity index is 3.04. The van der Waals surface area contributed by atoms with Crippen LogP contribution >= 0.6 is 0 Å². The van der Waals surface area contributed by atoms with E-state index in [0.29, 0.717) is 6.61 Å². The van der Waals surface area contributed by atoms with Gasteiger partial charge in [-0.2, -0.15) is 0 Å². The Morgan fingerprint density at radius 2 is 2.12 bits per heavy atom. The molecule has 2 unspecified atom stereocenters. The quantitative estimate of drug-likeness (QED) is 0.822. The first kappa shape index (κ1) is 14.1. The molecule has 1 aromatic carbocycles. The normalized spacial score (nSPS) is 16.5. The molecular weight excluding hydrogens is 217 g/mol. The summed E-state index contributed by atoms with van der Waals surface area (Å²) in [6, 6.07) is 6.67. The molecule has 2 atom stereocenters. The number of nitrogens with one attached hydrogen (secondary N) is 1. The maximum atomic E-state index is 13.3. The van der Waals surface area contributed by atoms with Gasteiger partial charge in [-0.1, -0.05) is 19.1 Å². The summed E-state index contributed by atoms with van der Waals surface area (Å²) in [6.45, 7) is 6.77. The summed E-state index contributed by atoms with van der Waals surface area (Å²) >= 11 is 0. The number of rotatable bonds is 6. The van der Waals surface area contributed by atoms with E-state index in [2.05, 4.69) is 19.2 Å². The first-order valence-electron chi connectivity index (χ1n) is 6.14. The van der Waals surface area contributed by atoms with Crippen molar-refractivity contribution in [3.05, 3.63) is 35.6 Å². The van der Waals surface area contributed by atoms with Crippen molar-refractivity contribution in [1.29, 1.82) is 0 Å². The van der Waals surface area contributed by atoms with E-state index in [9.17, 15) is 4.39 Å². The van der Waals surface area contributed by atoms with E-state index in [1.807, 2.05) is 20.0 Å². The lowest BCUT2D eigenvalue weighted by atomic mass is 9.87. The summed E-state index contributed by atoms with van der Waals surface area (Å²) in [5, 5.41) is 3.23. The summed E-state index contributed by atoms with van der Waals surface area (Å²) in [5.74, 6) is -0.210. The van der Waals surface area contributed by atoms with Gasteiger partial charge < -0.3 is 10.1 Å². The molecule has 0 radical (unpaired) electrons. The first-order chi connectivity index (χ1) is 8.07. The SMILES string of the molecule is CCOC(C)(CC)C(NC)c1cccc(F)c1. The zero-order valence-electron chi connectivity index (χ0n) is 11.1. The van der Waals surface area contributed by atoms with E-state index in [0.717, 1.165) is 12.0 Å². The molecule has 2 nitrogen and oxygen atoms in total. The van der Waals surface area contributed by atoms with Gasteiger partial charge in [0.2, 0.25) is 0 Å². The van der Waals surface area contributed by atoms with Crippen molar-refractivity contribution in [3.63, 3.8) is 0 Å². The van der Waals surface area contributed by atoms with Crippen LogP contribution in [0.5, 0.6) is 0 Å². The fraction of sp³-hybridized carbons (Fsp3) is 0.571. The van der Waals surface area contributed by atoms with E-state index < -0.39 is 0 Å². The molecule has 17 heavy (non-hydrogen) atoms. The molecule has 0 aliphatic carbocycles. The second-order valence-corrected chi connectivity index (χ2v) is 4.38. The lowest BCUT2D eigenvalue weighted by molar-refractivity contribution is -0.0547. The Hall–Kier alpha value is -0.930. The van der Waals surface area contributed by atoms with Gasteiger partial charge in [0.1, 0.15) is 5.82 Å². The molecule has 0 saturated carbocycles. The van der Waals surface area contributed by atoms with Crippen molar-refractivity contribution in [3.8, 4) is 0 Å². The van der Waals surface area contributed by atoms with Crippen LogP contribution < -0.4 is 5.32 Å². The number of hydrogen-bond donors (Lipinski definition) is 1. The predicted octanol–water partition coefficient (Wildman–Crippen LogP) is 3.29. The molecule has 1 aromatic rings. The highest BCUT2D eigenvalue weighted by Gasteiger charge is 2.33. The average molecular weight is 239 g/mol. The van der Waals surface area contributed by atoms with E-state index >= 15 is 0 Å². The monoisotopic (exact) mass is 239 g/mol. The number of benzene rings is 1. The van der Waals surface area contributed by atoms with Gasteiger partial charge in [-0.25, -0.2) is 4.39 Å². The molecule has 0 spiro atoms. The molecule has 0 bridgehead atoms. The van der Waals surface area contributed by atoms with Gasteiger partial charge >= 0.3 is 0 Å². The minimum Gasteiger partial charge on any atom is -0.374 e. The van der Waals surface area contributed by atoms with Crippen molar-refractivity contribution in [2.24, 2.45) is 0 Å². The summed E-state index contributed by atoms with van der Waals surface area (Å²) in [4.78, 5) is 0. The smallest absolute Gasteiger partial charge is 0.123 e. The zero-order valence-corrected chi connectivity index (χ0v) is 11.1. The van der Waals surface area contributed by atoms with Crippen LogP contribution in [0.4, 0.5) is 4.39 Å². The van der Waals surface area contributed by atoms with E-state index in [1.165, 1.54) is 6.07 Å². The van der Waals surface area contributed by atoms with Crippen LogP contribution in [0.1, 0.15) is 38.8 Å². The summed E-state index contributed by atoms with van der Waals surface area (Å²) in [7, 11) is 1.88. The minimum absolute atomic E-state index is 0.0110. The number of ether oxygens (including phenoxy) is 1. The Bertz CT molecular complexity index is 356. The van der Waals surface area contributed by atoms with Crippen molar-refractivity contribution < 1.29 is 9.13 Å². The number of hydrogen-bond acceptors (Lipinski definition) is 2. The van der Waals surface area contributed by atoms with E-state index in [4.69, 9.17) is 4.74 Å². The molecule has 0 aromatic heterocycles. The first-order valence-corrected chi connectivity index (χ1v) is 6.14. The fourth-order valence-corrected chi connectivity index (χ4v) is 2.23. The van der Waals surface area contributed by atoms with E-state index in [-0.39, 0.29) is 17.5 Å². The molecule has 3 heteroatoms. The molecular formula is C14H22FNO. The van der Waals surface area contributed by atoms with Gasteiger partial charge in [-0.05, 0) is 45.0 Å². The highest BCUT2D eigenvalue weighted by Crippen LogP contribution is 2.32. The van der Waals surface area contributed by atoms with Gasteiger partial charge in [-0.3, -0.25) is 0 Å². The van der Waals surface area contributed by atoms with Crippen molar-refractivity contribution >= 4 is 0 Å². The van der Waals surface area contributed by atoms with Crippen LogP contribution in [0.3, 0.4) is 0 Å². The molecule has 0 amide bonds. The largest absolute Gasteiger partial charge is 0.374 e.